The molecule has 8 heteroatoms. The molecular formula is C6H12FeO7. The number of carboxylic acids is 1. The predicted molar refractivity (Wildman–Crippen MR) is 38.7 cm³/mol. The van der Waals surface area contributed by atoms with Gasteiger partial charge in [0, 0.05) is 17.1 Å². The van der Waals surface area contributed by atoms with Crippen LogP contribution in [-0.4, -0.2) is 67.6 Å². The van der Waals surface area contributed by atoms with Crippen LogP contribution in [0.25, 0.3) is 0 Å². The minimum atomic E-state index is -2.20. The van der Waals surface area contributed by atoms with Crippen LogP contribution >= 0.6 is 0 Å². The third kappa shape index (κ3) is 4.34. The smallest absolute Gasteiger partial charge is 0.335 e. The Morgan fingerprint density at radius 1 is 1.07 bits per heavy atom. The van der Waals surface area contributed by atoms with Gasteiger partial charge in [-0.3, -0.25) is 0 Å². The van der Waals surface area contributed by atoms with Gasteiger partial charge in [0.15, 0.2) is 6.10 Å². The second kappa shape index (κ2) is 7.13. The Balaban J connectivity index is 0. The zero-order valence-corrected chi connectivity index (χ0v) is 8.07. The Bertz CT molecular complexity index is 176. The van der Waals surface area contributed by atoms with Crippen LogP contribution in [0.15, 0.2) is 0 Å². The van der Waals surface area contributed by atoms with Gasteiger partial charge in [0.25, 0.3) is 0 Å². The molecule has 0 amide bonds. The second-order valence-electron chi connectivity index (χ2n) is 2.51. The van der Waals surface area contributed by atoms with E-state index in [-0.39, 0.29) is 17.1 Å². The van der Waals surface area contributed by atoms with E-state index >= 15 is 0 Å². The second-order valence-corrected chi connectivity index (χ2v) is 2.51. The maximum absolute atomic E-state index is 10.1. The topological polar surface area (TPSA) is 138 Å². The van der Waals surface area contributed by atoms with Crippen LogP contribution in [0.2, 0.25) is 0 Å². The van der Waals surface area contributed by atoms with Gasteiger partial charge in [-0.25, -0.2) is 4.79 Å². The molecule has 0 unspecified atom stereocenters. The Morgan fingerprint density at radius 2 is 1.50 bits per heavy atom. The van der Waals surface area contributed by atoms with Crippen molar-refractivity contribution in [1.82, 2.24) is 0 Å². The summed E-state index contributed by atoms with van der Waals surface area (Å²) in [5.41, 5.74) is 0. The zero-order valence-electron chi connectivity index (χ0n) is 6.96. The molecular weight excluding hydrogens is 240 g/mol. The molecule has 6 N–H and O–H groups in total. The Kier molecular flexibility index (Phi) is 8.27. The summed E-state index contributed by atoms with van der Waals surface area (Å²) in [5.74, 6) is -1.73. The molecule has 14 heavy (non-hydrogen) atoms. The Hall–Kier alpha value is -0.211. The van der Waals surface area contributed by atoms with Crippen LogP contribution < -0.4 is 0 Å². The number of aliphatic hydroxyl groups excluding tert-OH is 5. The first-order valence-corrected chi connectivity index (χ1v) is 3.47. The molecule has 0 saturated heterocycles. The molecule has 0 spiro atoms. The van der Waals surface area contributed by atoms with Crippen molar-refractivity contribution in [1.29, 1.82) is 0 Å². The van der Waals surface area contributed by atoms with Gasteiger partial charge in [-0.1, -0.05) is 0 Å². The number of rotatable bonds is 5. The Labute approximate surface area is 90.1 Å². The molecule has 0 fully saturated rings. The molecule has 0 bridgehead atoms. The number of hydrogen-bond acceptors (Lipinski definition) is 6. The number of aliphatic carboxylic acids is 1. The van der Waals surface area contributed by atoms with Gasteiger partial charge in [-0.15, -0.1) is 0 Å². The first-order valence-electron chi connectivity index (χ1n) is 3.47. The van der Waals surface area contributed by atoms with E-state index in [4.69, 9.17) is 30.6 Å². The largest absolute Gasteiger partial charge is 0.479 e. The molecule has 4 atom stereocenters. The van der Waals surface area contributed by atoms with Crippen LogP contribution in [-0.2, 0) is 21.9 Å². The molecule has 0 aromatic carbocycles. The van der Waals surface area contributed by atoms with Gasteiger partial charge in [0.2, 0.25) is 0 Å². The quantitative estimate of drug-likeness (QED) is 0.279. The van der Waals surface area contributed by atoms with E-state index in [0.29, 0.717) is 0 Å². The maximum atomic E-state index is 10.1. The van der Waals surface area contributed by atoms with Crippen LogP contribution in [0.5, 0.6) is 0 Å². The first kappa shape index (κ1) is 16.2. The van der Waals surface area contributed by atoms with Crippen molar-refractivity contribution in [2.75, 3.05) is 6.61 Å². The first-order chi connectivity index (χ1) is 5.91. The summed E-state index contributed by atoms with van der Waals surface area (Å²) in [4.78, 5) is 10.1. The van der Waals surface area contributed by atoms with Crippen molar-refractivity contribution in [3.63, 3.8) is 0 Å². The number of hydrogen-bond donors (Lipinski definition) is 6. The van der Waals surface area contributed by atoms with Crippen molar-refractivity contribution in [2.45, 2.75) is 24.4 Å². The van der Waals surface area contributed by atoms with Gasteiger partial charge >= 0.3 is 5.97 Å². The summed E-state index contributed by atoms with van der Waals surface area (Å²) < 4.78 is 0. The van der Waals surface area contributed by atoms with E-state index in [1.165, 1.54) is 0 Å². The molecule has 0 rings (SSSR count). The van der Waals surface area contributed by atoms with Crippen molar-refractivity contribution in [2.24, 2.45) is 0 Å². The van der Waals surface area contributed by atoms with Crippen molar-refractivity contribution < 1.29 is 52.5 Å². The van der Waals surface area contributed by atoms with E-state index < -0.39 is 37.0 Å². The van der Waals surface area contributed by atoms with E-state index in [9.17, 15) is 4.79 Å². The summed E-state index contributed by atoms with van der Waals surface area (Å²) in [6.45, 7) is -0.843. The van der Waals surface area contributed by atoms with Crippen molar-refractivity contribution in [3.05, 3.63) is 0 Å². The van der Waals surface area contributed by atoms with Gasteiger partial charge in [-0.2, -0.15) is 0 Å². The van der Waals surface area contributed by atoms with Gasteiger partial charge in [0.05, 0.1) is 6.61 Å². The van der Waals surface area contributed by atoms with Crippen LogP contribution in [0, 0.1) is 0 Å². The van der Waals surface area contributed by atoms with Gasteiger partial charge < -0.3 is 30.6 Å². The number of carboxylic acid groups (broad SMARTS) is 1. The Morgan fingerprint density at radius 3 is 1.79 bits per heavy atom. The summed E-state index contributed by atoms with van der Waals surface area (Å²) in [5, 5.41) is 51.8. The minimum Gasteiger partial charge on any atom is -0.479 e. The SMILES string of the molecule is O=C(O)[C@H](O)[C@@H](O)[C@H](O)[C@H](O)CO.[Fe]. The van der Waals surface area contributed by atoms with E-state index in [2.05, 4.69) is 0 Å². The van der Waals surface area contributed by atoms with Gasteiger partial charge in [0.1, 0.15) is 18.3 Å². The summed E-state index contributed by atoms with van der Waals surface area (Å²) in [6.07, 6.45) is -7.84. The normalized spacial score (nSPS) is 18.9. The van der Waals surface area contributed by atoms with Crippen molar-refractivity contribution >= 4 is 5.97 Å². The zero-order chi connectivity index (χ0) is 10.6. The third-order valence-electron chi connectivity index (χ3n) is 1.51. The van der Waals surface area contributed by atoms with E-state index in [1.54, 1.807) is 0 Å². The fourth-order valence-corrected chi connectivity index (χ4v) is 0.668. The molecule has 0 aromatic heterocycles. The van der Waals surface area contributed by atoms with Crippen molar-refractivity contribution in [3.8, 4) is 0 Å². The average molecular weight is 252 g/mol. The summed E-state index contributed by atoms with van der Waals surface area (Å²) in [6, 6.07) is 0. The van der Waals surface area contributed by atoms with Crippen LogP contribution in [0.1, 0.15) is 0 Å². The molecule has 0 heterocycles. The number of aliphatic hydroxyl groups is 5. The molecule has 86 valence electrons. The molecule has 0 saturated carbocycles. The monoisotopic (exact) mass is 252 g/mol. The molecule has 0 aliphatic heterocycles. The fourth-order valence-electron chi connectivity index (χ4n) is 0.668. The summed E-state index contributed by atoms with van der Waals surface area (Å²) >= 11 is 0. The number of carbonyl (C=O) groups is 1. The van der Waals surface area contributed by atoms with E-state index in [0.717, 1.165) is 0 Å². The molecule has 0 aliphatic carbocycles. The van der Waals surface area contributed by atoms with Crippen LogP contribution in [0.3, 0.4) is 0 Å². The molecule has 7 nitrogen and oxygen atoms in total. The molecule has 0 aliphatic rings. The molecule has 0 radical (unpaired) electrons. The summed E-state index contributed by atoms with van der Waals surface area (Å²) in [7, 11) is 0. The minimum absolute atomic E-state index is 0. The predicted octanol–water partition coefficient (Wildman–Crippen LogP) is -3.50. The average Bonchev–Trinajstić information content (AvgIpc) is 2.12. The third-order valence-corrected chi connectivity index (χ3v) is 1.51. The molecule has 0 aromatic rings. The van der Waals surface area contributed by atoms with Crippen LogP contribution in [0.4, 0.5) is 0 Å². The standard InChI is InChI=1S/C6H12O7.Fe/c7-1-2(8)3(9)4(10)5(11)6(12)13;/h2-5,7-11H,1H2,(H,12,13);/t2-,3-,4+,5-;/m1./s1. The van der Waals surface area contributed by atoms with Gasteiger partial charge in [-0.05, 0) is 0 Å². The van der Waals surface area contributed by atoms with E-state index in [1.807, 2.05) is 0 Å². The fraction of sp³-hybridized carbons (Fsp3) is 0.833. The maximum Gasteiger partial charge on any atom is 0.335 e.